The van der Waals surface area contributed by atoms with Crippen molar-refractivity contribution < 1.29 is 27.8 Å². The third-order valence-electron chi connectivity index (χ3n) is 4.49. The molecule has 0 unspecified atom stereocenters. The van der Waals surface area contributed by atoms with Gasteiger partial charge in [0.15, 0.2) is 0 Å². The monoisotopic (exact) mass is 430 g/mol. The van der Waals surface area contributed by atoms with Crippen LogP contribution in [0.1, 0.15) is 33.3 Å². The van der Waals surface area contributed by atoms with Gasteiger partial charge >= 0.3 is 5.97 Å². The Morgan fingerprint density at radius 2 is 1.80 bits per heavy atom. The fourth-order valence-corrected chi connectivity index (χ4v) is 4.17. The van der Waals surface area contributed by atoms with E-state index in [1.807, 2.05) is 0 Å². The lowest BCUT2D eigenvalue weighted by Gasteiger charge is -2.07. The molecule has 4 nitrogen and oxygen atoms in total. The number of benzene rings is 2. The summed E-state index contributed by atoms with van der Waals surface area (Å²) < 4.78 is 38.0. The van der Waals surface area contributed by atoms with Gasteiger partial charge in [-0.3, -0.25) is 9.59 Å². The van der Waals surface area contributed by atoms with Crippen molar-refractivity contribution in [3.8, 4) is 16.2 Å². The van der Waals surface area contributed by atoms with E-state index in [9.17, 15) is 18.4 Å². The zero-order valence-electron chi connectivity index (χ0n) is 16.5. The van der Waals surface area contributed by atoms with E-state index < -0.39 is 18.5 Å². The van der Waals surface area contributed by atoms with Crippen molar-refractivity contribution in [1.82, 2.24) is 0 Å². The Bertz CT molecular complexity index is 1060. The molecular weight excluding hydrogens is 410 g/mol. The van der Waals surface area contributed by atoms with Crippen molar-refractivity contribution in [2.24, 2.45) is 0 Å². The van der Waals surface area contributed by atoms with E-state index in [4.69, 9.17) is 9.47 Å². The molecule has 0 radical (unpaired) electrons. The lowest BCUT2D eigenvalue weighted by molar-refractivity contribution is -0.142. The van der Waals surface area contributed by atoms with Gasteiger partial charge in [-0.25, -0.2) is 8.78 Å². The third kappa shape index (κ3) is 4.57. The topological polar surface area (TPSA) is 52.6 Å². The minimum atomic E-state index is -0.949. The molecule has 7 heteroatoms. The summed E-state index contributed by atoms with van der Waals surface area (Å²) in [6.07, 6.45) is -0.116. The van der Waals surface area contributed by atoms with Crippen LogP contribution in [0.25, 0.3) is 10.4 Å². The van der Waals surface area contributed by atoms with Crippen molar-refractivity contribution in [3.05, 3.63) is 75.9 Å². The van der Waals surface area contributed by atoms with Gasteiger partial charge in [0.05, 0.1) is 25.0 Å². The van der Waals surface area contributed by atoms with Crippen molar-refractivity contribution in [3.63, 3.8) is 0 Å². The quantitative estimate of drug-likeness (QED) is 0.356. The van der Waals surface area contributed by atoms with Crippen LogP contribution in [0.3, 0.4) is 0 Å². The van der Waals surface area contributed by atoms with Gasteiger partial charge in [0.2, 0.25) is 5.78 Å². The van der Waals surface area contributed by atoms with Crippen LogP contribution in [0.5, 0.6) is 5.75 Å². The standard InChI is InChI=1S/C23H20F2O4S/c1-3-29-20(26)12-16-11-19(22(27)14-7-9-17(28-2)10-8-14)30-23(16)18-6-4-5-15(13-24)21(18)25/h4-11H,3,12-13H2,1-2H3. The molecule has 0 bridgehead atoms. The van der Waals surface area contributed by atoms with Gasteiger partial charge in [0, 0.05) is 21.6 Å². The summed E-state index contributed by atoms with van der Waals surface area (Å²) in [4.78, 5) is 25.8. The first kappa shape index (κ1) is 21.6. The molecule has 0 spiro atoms. The first-order chi connectivity index (χ1) is 14.5. The summed E-state index contributed by atoms with van der Waals surface area (Å²) in [5, 5.41) is 0. The number of ether oxygens (including phenoxy) is 2. The molecule has 1 aromatic heterocycles. The minimum Gasteiger partial charge on any atom is -0.497 e. The highest BCUT2D eigenvalue weighted by Crippen LogP contribution is 2.37. The average molecular weight is 430 g/mol. The van der Waals surface area contributed by atoms with Crippen LogP contribution in [0.15, 0.2) is 48.5 Å². The number of carbonyl (C=O) groups excluding carboxylic acids is 2. The number of halogens is 2. The summed E-state index contributed by atoms with van der Waals surface area (Å²) >= 11 is 1.07. The number of rotatable bonds is 8. The molecule has 3 aromatic rings. The number of carbonyl (C=O) groups is 2. The summed E-state index contributed by atoms with van der Waals surface area (Å²) in [5.41, 5.74) is 0.976. The fraction of sp³-hybridized carbons (Fsp3) is 0.217. The highest BCUT2D eigenvalue weighted by atomic mass is 32.1. The number of alkyl halides is 1. The second-order valence-electron chi connectivity index (χ2n) is 6.42. The van der Waals surface area contributed by atoms with Crippen LogP contribution in [0, 0.1) is 5.82 Å². The highest BCUT2D eigenvalue weighted by molar-refractivity contribution is 7.17. The van der Waals surface area contributed by atoms with E-state index in [-0.39, 0.29) is 29.9 Å². The summed E-state index contributed by atoms with van der Waals surface area (Å²) in [6, 6.07) is 12.6. The molecule has 0 N–H and O–H groups in total. The summed E-state index contributed by atoms with van der Waals surface area (Å²) in [5.74, 6) is -0.829. The van der Waals surface area contributed by atoms with Crippen LogP contribution in [0.4, 0.5) is 8.78 Å². The maximum Gasteiger partial charge on any atom is 0.310 e. The molecule has 0 aliphatic heterocycles. The van der Waals surface area contributed by atoms with Gasteiger partial charge in [-0.05, 0) is 42.8 Å². The normalized spacial score (nSPS) is 10.7. The van der Waals surface area contributed by atoms with Gasteiger partial charge in [0.25, 0.3) is 0 Å². The van der Waals surface area contributed by atoms with E-state index in [1.54, 1.807) is 43.3 Å². The largest absolute Gasteiger partial charge is 0.497 e. The number of ketones is 1. The lowest BCUT2D eigenvalue weighted by Crippen LogP contribution is -2.07. The Hall–Kier alpha value is -3.06. The lowest BCUT2D eigenvalue weighted by atomic mass is 10.0. The molecule has 0 fully saturated rings. The van der Waals surface area contributed by atoms with E-state index in [1.165, 1.54) is 19.2 Å². The number of hydrogen-bond donors (Lipinski definition) is 0. The molecule has 2 aromatic carbocycles. The van der Waals surface area contributed by atoms with Gasteiger partial charge in [-0.2, -0.15) is 0 Å². The number of methoxy groups -OCH3 is 1. The number of esters is 1. The molecule has 0 saturated carbocycles. The van der Waals surface area contributed by atoms with Crippen LogP contribution >= 0.6 is 11.3 Å². The molecule has 3 rings (SSSR count). The maximum atomic E-state index is 14.8. The molecule has 0 amide bonds. The molecule has 0 saturated heterocycles. The second kappa shape index (κ2) is 9.63. The summed E-state index contributed by atoms with van der Waals surface area (Å²) in [7, 11) is 1.53. The second-order valence-corrected chi connectivity index (χ2v) is 7.47. The Morgan fingerprint density at radius 3 is 2.43 bits per heavy atom. The SMILES string of the molecule is CCOC(=O)Cc1cc(C(=O)c2ccc(OC)cc2)sc1-c1cccc(CF)c1F. The van der Waals surface area contributed by atoms with Gasteiger partial charge in [-0.15, -0.1) is 11.3 Å². The van der Waals surface area contributed by atoms with E-state index in [0.717, 1.165) is 11.3 Å². The molecule has 0 aliphatic rings. The van der Waals surface area contributed by atoms with Crippen LogP contribution in [-0.2, 0) is 22.6 Å². The minimum absolute atomic E-state index is 0.0778. The average Bonchev–Trinajstić information content (AvgIpc) is 3.17. The fourth-order valence-electron chi connectivity index (χ4n) is 3.01. The van der Waals surface area contributed by atoms with E-state index in [0.29, 0.717) is 26.6 Å². The molecule has 0 aliphatic carbocycles. The Labute approximate surface area is 177 Å². The third-order valence-corrected chi connectivity index (χ3v) is 5.70. The Balaban J connectivity index is 2.05. The van der Waals surface area contributed by atoms with Gasteiger partial charge < -0.3 is 9.47 Å². The Kier molecular flexibility index (Phi) is 6.95. The van der Waals surface area contributed by atoms with Crippen molar-refractivity contribution in [2.45, 2.75) is 20.0 Å². The molecule has 156 valence electrons. The zero-order chi connectivity index (χ0) is 21.7. The maximum absolute atomic E-state index is 14.8. The van der Waals surface area contributed by atoms with Crippen LogP contribution < -0.4 is 4.74 Å². The number of hydrogen-bond acceptors (Lipinski definition) is 5. The first-order valence-corrected chi connectivity index (χ1v) is 10.1. The van der Waals surface area contributed by atoms with Gasteiger partial charge in [0.1, 0.15) is 18.2 Å². The zero-order valence-corrected chi connectivity index (χ0v) is 17.4. The first-order valence-electron chi connectivity index (χ1n) is 9.29. The van der Waals surface area contributed by atoms with Crippen LogP contribution in [-0.4, -0.2) is 25.5 Å². The van der Waals surface area contributed by atoms with Crippen molar-refractivity contribution >= 4 is 23.1 Å². The molecule has 0 atom stereocenters. The van der Waals surface area contributed by atoms with E-state index >= 15 is 0 Å². The summed E-state index contributed by atoms with van der Waals surface area (Å²) in [6.45, 7) is 0.951. The smallest absolute Gasteiger partial charge is 0.310 e. The predicted molar refractivity (Wildman–Crippen MR) is 111 cm³/mol. The Morgan fingerprint density at radius 1 is 1.07 bits per heavy atom. The van der Waals surface area contributed by atoms with Crippen LogP contribution in [0.2, 0.25) is 0 Å². The molecule has 1 heterocycles. The molecule has 30 heavy (non-hydrogen) atoms. The van der Waals surface area contributed by atoms with Crippen molar-refractivity contribution in [1.29, 1.82) is 0 Å². The molecular formula is C23H20F2O4S. The number of thiophene rings is 1. The van der Waals surface area contributed by atoms with Crippen molar-refractivity contribution in [2.75, 3.05) is 13.7 Å². The highest BCUT2D eigenvalue weighted by Gasteiger charge is 2.22. The van der Waals surface area contributed by atoms with E-state index in [2.05, 4.69) is 0 Å². The van der Waals surface area contributed by atoms with Gasteiger partial charge in [-0.1, -0.05) is 18.2 Å². The predicted octanol–water partition coefficient (Wildman–Crippen LogP) is 5.37.